The van der Waals surface area contributed by atoms with Crippen molar-refractivity contribution in [1.29, 1.82) is 0 Å². The van der Waals surface area contributed by atoms with Crippen molar-refractivity contribution < 1.29 is 9.53 Å². The molecule has 2 fully saturated rings. The van der Waals surface area contributed by atoms with Crippen LogP contribution in [0.3, 0.4) is 0 Å². The number of fused-ring (bicyclic) bond motifs is 2. The number of hydrogen-bond donors (Lipinski definition) is 2. The average molecular weight is 506 g/mol. The van der Waals surface area contributed by atoms with E-state index in [-0.39, 0.29) is 0 Å². The van der Waals surface area contributed by atoms with Crippen molar-refractivity contribution >= 4 is 44.2 Å². The predicted molar refractivity (Wildman–Crippen MR) is 144 cm³/mol. The molecule has 0 unspecified atom stereocenters. The Kier molecular flexibility index (Phi) is 6.34. The Bertz CT molecular complexity index is 1400. The normalized spacial score (nSPS) is 17.9. The first kappa shape index (κ1) is 23.4. The molecule has 1 aromatic carbocycles. The first-order valence-electron chi connectivity index (χ1n) is 12.6. The van der Waals surface area contributed by atoms with E-state index < -0.39 is 5.91 Å². The number of anilines is 1. The van der Waals surface area contributed by atoms with E-state index in [0.717, 1.165) is 84.9 Å². The molecule has 3 aromatic heterocycles. The van der Waals surface area contributed by atoms with Crippen LogP contribution < -0.4 is 10.6 Å². The number of nitrogens with zero attached hydrogens (tertiary/aromatic N) is 5. The molecule has 2 aliphatic heterocycles. The molecule has 188 valence electrons. The zero-order valence-corrected chi connectivity index (χ0v) is 21.3. The lowest BCUT2D eigenvalue weighted by Gasteiger charge is -2.33. The van der Waals surface area contributed by atoms with Crippen molar-refractivity contribution in [3.05, 3.63) is 40.9 Å². The summed E-state index contributed by atoms with van der Waals surface area (Å²) in [5, 5.41) is 0.969. The molecule has 2 aliphatic rings. The quantitative estimate of drug-likeness (QED) is 0.415. The molecule has 4 aromatic rings. The van der Waals surface area contributed by atoms with Crippen LogP contribution in [0.4, 0.5) is 5.82 Å². The third-order valence-electron chi connectivity index (χ3n) is 7.20. The van der Waals surface area contributed by atoms with Crippen LogP contribution in [-0.4, -0.2) is 89.7 Å². The van der Waals surface area contributed by atoms with Crippen LogP contribution in [0.15, 0.2) is 30.5 Å². The SMILES string of the molecule is CCN1CCN(Cc2cc3nc(-c4cc(C(N)=O)cc5[nH]ccc45)nc(N4CCOCC4)c3s2)CC1. The fourth-order valence-electron chi connectivity index (χ4n) is 5.13. The fraction of sp³-hybridized carbons (Fsp3) is 0.423. The monoisotopic (exact) mass is 505 g/mol. The Labute approximate surface area is 213 Å². The van der Waals surface area contributed by atoms with Gasteiger partial charge in [0.15, 0.2) is 11.6 Å². The minimum Gasteiger partial charge on any atom is -0.378 e. The van der Waals surface area contributed by atoms with Crippen LogP contribution in [0.1, 0.15) is 22.2 Å². The van der Waals surface area contributed by atoms with Crippen LogP contribution in [-0.2, 0) is 11.3 Å². The molecule has 10 heteroatoms. The molecular weight excluding hydrogens is 474 g/mol. The van der Waals surface area contributed by atoms with E-state index >= 15 is 0 Å². The number of rotatable bonds is 6. The zero-order valence-electron chi connectivity index (χ0n) is 20.5. The number of likely N-dealkylation sites (N-methyl/N-ethyl adjacent to an activating group) is 1. The maximum Gasteiger partial charge on any atom is 0.248 e. The summed E-state index contributed by atoms with van der Waals surface area (Å²) < 4.78 is 6.72. The first-order chi connectivity index (χ1) is 17.6. The summed E-state index contributed by atoms with van der Waals surface area (Å²) >= 11 is 1.79. The number of carbonyl (C=O) groups excluding carboxylic acids is 1. The highest BCUT2D eigenvalue weighted by Gasteiger charge is 2.23. The molecule has 0 aliphatic carbocycles. The van der Waals surface area contributed by atoms with Gasteiger partial charge in [-0.3, -0.25) is 9.69 Å². The molecule has 9 nitrogen and oxygen atoms in total. The van der Waals surface area contributed by atoms with E-state index in [1.807, 2.05) is 18.3 Å². The third kappa shape index (κ3) is 4.45. The second-order valence-corrected chi connectivity index (χ2v) is 10.6. The summed E-state index contributed by atoms with van der Waals surface area (Å²) in [7, 11) is 0. The van der Waals surface area contributed by atoms with E-state index in [4.69, 9.17) is 20.4 Å². The van der Waals surface area contributed by atoms with Crippen LogP contribution in [0.2, 0.25) is 0 Å². The lowest BCUT2D eigenvalue weighted by molar-refractivity contribution is 0.100. The number of aromatic nitrogens is 3. The summed E-state index contributed by atoms with van der Waals surface area (Å²) in [6.45, 7) is 11.6. The van der Waals surface area contributed by atoms with Crippen molar-refractivity contribution in [2.45, 2.75) is 13.5 Å². The van der Waals surface area contributed by atoms with Crippen LogP contribution in [0, 0.1) is 0 Å². The Balaban J connectivity index is 1.43. The van der Waals surface area contributed by atoms with Crippen molar-refractivity contribution in [3.8, 4) is 11.4 Å². The molecule has 0 bridgehead atoms. The number of nitrogens with two attached hydrogens (primary N) is 1. The molecule has 0 saturated carbocycles. The highest BCUT2D eigenvalue weighted by atomic mass is 32.1. The second-order valence-electron chi connectivity index (χ2n) is 9.43. The zero-order chi connectivity index (χ0) is 24.6. The maximum atomic E-state index is 12.0. The van der Waals surface area contributed by atoms with Gasteiger partial charge in [0.2, 0.25) is 5.91 Å². The van der Waals surface area contributed by atoms with E-state index in [1.54, 1.807) is 17.4 Å². The number of piperazine rings is 1. The number of amides is 1. The van der Waals surface area contributed by atoms with Crippen molar-refractivity contribution in [2.24, 2.45) is 5.73 Å². The topological polar surface area (TPSA) is 104 Å². The Hall–Kier alpha value is -3.05. The molecule has 2 saturated heterocycles. The smallest absolute Gasteiger partial charge is 0.248 e. The van der Waals surface area contributed by atoms with Gasteiger partial charge in [0.05, 0.1) is 23.4 Å². The van der Waals surface area contributed by atoms with Crippen molar-refractivity contribution in [1.82, 2.24) is 24.8 Å². The van der Waals surface area contributed by atoms with Crippen LogP contribution in [0.5, 0.6) is 0 Å². The molecule has 6 rings (SSSR count). The molecule has 0 atom stereocenters. The number of primary amides is 1. The molecule has 0 radical (unpaired) electrons. The largest absolute Gasteiger partial charge is 0.378 e. The van der Waals surface area contributed by atoms with E-state index in [9.17, 15) is 4.79 Å². The highest BCUT2D eigenvalue weighted by molar-refractivity contribution is 7.19. The molecule has 5 heterocycles. The summed E-state index contributed by atoms with van der Waals surface area (Å²) in [6, 6.07) is 7.80. The van der Waals surface area contributed by atoms with E-state index in [0.29, 0.717) is 24.6 Å². The number of nitrogens with one attached hydrogen (secondary N) is 1. The second kappa shape index (κ2) is 9.78. The number of morpholine rings is 1. The summed E-state index contributed by atoms with van der Waals surface area (Å²) in [4.78, 5) is 34.0. The minimum absolute atomic E-state index is 0.439. The number of thiophene rings is 1. The molecular formula is C26H31N7O2S. The van der Waals surface area contributed by atoms with Gasteiger partial charge in [0, 0.05) is 78.9 Å². The van der Waals surface area contributed by atoms with Gasteiger partial charge in [0.1, 0.15) is 0 Å². The van der Waals surface area contributed by atoms with Gasteiger partial charge in [-0.15, -0.1) is 11.3 Å². The third-order valence-corrected chi connectivity index (χ3v) is 8.31. The predicted octanol–water partition coefficient (Wildman–Crippen LogP) is 2.91. The molecule has 0 spiro atoms. The average Bonchev–Trinajstić information content (AvgIpc) is 3.55. The number of hydrogen-bond acceptors (Lipinski definition) is 8. The van der Waals surface area contributed by atoms with Crippen molar-refractivity contribution in [3.63, 3.8) is 0 Å². The number of benzene rings is 1. The van der Waals surface area contributed by atoms with Gasteiger partial charge in [-0.25, -0.2) is 9.97 Å². The number of carbonyl (C=O) groups is 1. The summed E-state index contributed by atoms with van der Waals surface area (Å²) in [5.74, 6) is 1.08. The number of ether oxygens (including phenoxy) is 1. The number of aromatic amines is 1. The van der Waals surface area contributed by atoms with Gasteiger partial charge in [-0.1, -0.05) is 6.92 Å². The van der Waals surface area contributed by atoms with Crippen LogP contribution >= 0.6 is 11.3 Å². The highest BCUT2D eigenvalue weighted by Crippen LogP contribution is 2.37. The summed E-state index contributed by atoms with van der Waals surface area (Å²) in [6.07, 6.45) is 1.86. The van der Waals surface area contributed by atoms with Gasteiger partial charge in [-0.05, 0) is 30.8 Å². The first-order valence-corrected chi connectivity index (χ1v) is 13.4. The maximum absolute atomic E-state index is 12.0. The Morgan fingerprint density at radius 1 is 1.08 bits per heavy atom. The Morgan fingerprint density at radius 2 is 1.86 bits per heavy atom. The van der Waals surface area contributed by atoms with Gasteiger partial charge < -0.3 is 25.3 Å². The molecule has 36 heavy (non-hydrogen) atoms. The fourth-order valence-corrected chi connectivity index (χ4v) is 6.29. The minimum atomic E-state index is -0.469. The standard InChI is InChI=1S/C26H31N7O2S/c1-2-31-5-7-32(8-6-31)16-18-15-22-23(36-18)26(33-9-11-35-12-10-33)30-25(29-22)20-13-17(24(27)34)14-21-19(20)3-4-28-21/h3-4,13-15,28H,2,5-12,16H2,1H3,(H2,27,34). The lowest BCUT2D eigenvalue weighted by Crippen LogP contribution is -2.45. The van der Waals surface area contributed by atoms with Crippen LogP contribution in [0.25, 0.3) is 32.5 Å². The van der Waals surface area contributed by atoms with Gasteiger partial charge in [-0.2, -0.15) is 0 Å². The van der Waals surface area contributed by atoms with Gasteiger partial charge in [0.25, 0.3) is 0 Å². The lowest BCUT2D eigenvalue weighted by atomic mass is 10.0. The molecule has 1 amide bonds. The molecule has 3 N–H and O–H groups in total. The summed E-state index contributed by atoms with van der Waals surface area (Å²) in [5.41, 5.74) is 8.68. The Morgan fingerprint density at radius 3 is 2.61 bits per heavy atom. The number of H-pyrrole nitrogens is 1. The van der Waals surface area contributed by atoms with E-state index in [2.05, 4.69) is 32.7 Å². The van der Waals surface area contributed by atoms with E-state index in [1.165, 1.54) is 4.88 Å². The van der Waals surface area contributed by atoms with Gasteiger partial charge >= 0.3 is 0 Å². The van der Waals surface area contributed by atoms with Crippen molar-refractivity contribution in [2.75, 3.05) is 63.9 Å².